The van der Waals surface area contributed by atoms with E-state index in [1.165, 1.54) is 0 Å². The maximum atomic E-state index is 11.2. The van der Waals surface area contributed by atoms with E-state index in [2.05, 4.69) is 10.2 Å². The molecule has 1 N–H and O–H groups in total. The topological polar surface area (TPSA) is 77.2 Å². The Balaban J connectivity index is 1.82. The van der Waals surface area contributed by atoms with Crippen LogP contribution in [0.1, 0.15) is 18.3 Å². The lowest BCUT2D eigenvalue weighted by atomic mass is 10.2. The maximum absolute atomic E-state index is 11.2. The Bertz CT molecular complexity index is 900. The van der Waals surface area contributed by atoms with Crippen molar-refractivity contribution in [1.29, 1.82) is 0 Å². The van der Waals surface area contributed by atoms with Crippen LogP contribution in [0.15, 0.2) is 59.8 Å². The van der Waals surface area contributed by atoms with Crippen molar-refractivity contribution < 1.29 is 14.6 Å². The second-order valence-electron chi connectivity index (χ2n) is 5.81. The van der Waals surface area contributed by atoms with Crippen molar-refractivity contribution in [3.05, 3.63) is 71.0 Å². The molecule has 27 heavy (non-hydrogen) atoms. The molecular weight excluding hydrogens is 386 g/mol. The predicted molar refractivity (Wildman–Crippen MR) is 104 cm³/mol. The Morgan fingerprint density at radius 3 is 2.56 bits per heavy atom. The fraction of sp³-hybridized carbons (Fsp3) is 0.211. The highest BCUT2D eigenvalue weighted by Crippen LogP contribution is 2.24. The molecule has 3 aromatic rings. The molecule has 3 rings (SSSR count). The van der Waals surface area contributed by atoms with Crippen molar-refractivity contribution in [2.75, 3.05) is 0 Å². The van der Waals surface area contributed by atoms with Crippen molar-refractivity contribution in [3.8, 4) is 5.75 Å². The fourth-order valence-electron chi connectivity index (χ4n) is 2.32. The van der Waals surface area contributed by atoms with Crippen LogP contribution in [0.4, 0.5) is 0 Å². The zero-order valence-electron chi connectivity index (χ0n) is 14.6. The summed E-state index contributed by atoms with van der Waals surface area (Å²) in [5, 5.41) is 18.1. The van der Waals surface area contributed by atoms with Crippen molar-refractivity contribution in [3.63, 3.8) is 0 Å². The summed E-state index contributed by atoms with van der Waals surface area (Å²) in [6.45, 7) is 2.36. The number of hydrogen-bond donors (Lipinski definition) is 1. The number of ether oxygens (including phenoxy) is 1. The van der Waals surface area contributed by atoms with Gasteiger partial charge in [0.2, 0.25) is 0 Å². The molecule has 0 aliphatic rings. The van der Waals surface area contributed by atoms with Crippen LogP contribution in [0.3, 0.4) is 0 Å². The van der Waals surface area contributed by atoms with Gasteiger partial charge in [-0.25, -0.2) is 0 Å². The Kier molecular flexibility index (Phi) is 6.36. The van der Waals surface area contributed by atoms with Gasteiger partial charge in [0.1, 0.15) is 17.6 Å². The van der Waals surface area contributed by atoms with Gasteiger partial charge in [-0.15, -0.1) is 10.2 Å². The van der Waals surface area contributed by atoms with Crippen LogP contribution in [0, 0.1) is 0 Å². The van der Waals surface area contributed by atoms with Gasteiger partial charge < -0.3 is 9.84 Å². The number of nitrogens with zero attached hydrogens (tertiary/aromatic N) is 3. The molecule has 0 unspecified atom stereocenters. The molecule has 0 amide bonds. The number of hydrogen-bond acceptors (Lipinski definition) is 5. The lowest BCUT2D eigenvalue weighted by Gasteiger charge is -2.12. The van der Waals surface area contributed by atoms with Gasteiger partial charge in [0.15, 0.2) is 11.0 Å². The van der Waals surface area contributed by atoms with Crippen molar-refractivity contribution in [2.45, 2.75) is 30.5 Å². The van der Waals surface area contributed by atoms with Crippen LogP contribution in [0.25, 0.3) is 0 Å². The second-order valence-corrected chi connectivity index (χ2v) is 7.56. The third-order valence-corrected chi connectivity index (χ3v) is 5.11. The second kappa shape index (κ2) is 8.92. The zero-order chi connectivity index (χ0) is 19.2. The first-order valence-electron chi connectivity index (χ1n) is 8.27. The summed E-state index contributed by atoms with van der Waals surface area (Å²) in [5.74, 6) is 0.392. The van der Waals surface area contributed by atoms with Crippen LogP contribution < -0.4 is 4.74 Å². The van der Waals surface area contributed by atoms with Gasteiger partial charge in [0, 0.05) is 5.02 Å². The van der Waals surface area contributed by atoms with E-state index >= 15 is 0 Å². The SMILES string of the molecule is C[C@H](Sc1nnc(COc2ccc(Cl)cc2)n1Cc1ccccc1)C(=O)O. The molecule has 0 spiro atoms. The summed E-state index contributed by atoms with van der Waals surface area (Å²) in [4.78, 5) is 11.2. The summed E-state index contributed by atoms with van der Waals surface area (Å²) >= 11 is 7.05. The van der Waals surface area contributed by atoms with Crippen molar-refractivity contribution in [2.24, 2.45) is 0 Å². The third-order valence-electron chi connectivity index (χ3n) is 3.79. The first kappa shape index (κ1) is 19.3. The van der Waals surface area contributed by atoms with Crippen LogP contribution >= 0.6 is 23.4 Å². The number of thioether (sulfide) groups is 1. The molecule has 6 nitrogen and oxygen atoms in total. The van der Waals surface area contributed by atoms with E-state index in [1.54, 1.807) is 31.2 Å². The van der Waals surface area contributed by atoms with Crippen LogP contribution in [-0.4, -0.2) is 31.1 Å². The molecule has 1 atom stereocenters. The lowest BCUT2D eigenvalue weighted by molar-refractivity contribution is -0.136. The quantitative estimate of drug-likeness (QED) is 0.570. The molecule has 8 heteroatoms. The molecule has 140 valence electrons. The highest BCUT2D eigenvalue weighted by Gasteiger charge is 2.20. The zero-order valence-corrected chi connectivity index (χ0v) is 16.2. The monoisotopic (exact) mass is 403 g/mol. The van der Waals surface area contributed by atoms with Gasteiger partial charge >= 0.3 is 5.97 Å². The molecular formula is C19H18ClN3O3S. The molecule has 2 aromatic carbocycles. The molecule has 1 heterocycles. The number of carboxylic acid groups (broad SMARTS) is 1. The van der Waals surface area contributed by atoms with E-state index < -0.39 is 11.2 Å². The van der Waals surface area contributed by atoms with Crippen molar-refractivity contribution in [1.82, 2.24) is 14.8 Å². The van der Waals surface area contributed by atoms with Gasteiger partial charge in [0.05, 0.1) is 6.54 Å². The average molecular weight is 404 g/mol. The number of carboxylic acids is 1. The van der Waals surface area contributed by atoms with Crippen LogP contribution in [-0.2, 0) is 17.9 Å². The molecule has 0 bridgehead atoms. The summed E-state index contributed by atoms with van der Waals surface area (Å²) in [6, 6.07) is 16.9. The minimum atomic E-state index is -0.895. The Morgan fingerprint density at radius 2 is 1.89 bits per heavy atom. The Morgan fingerprint density at radius 1 is 1.19 bits per heavy atom. The largest absolute Gasteiger partial charge is 0.486 e. The molecule has 0 aliphatic carbocycles. The molecule has 0 fully saturated rings. The van der Waals surface area contributed by atoms with Gasteiger partial charge in [-0.3, -0.25) is 9.36 Å². The highest BCUT2D eigenvalue weighted by molar-refractivity contribution is 8.00. The number of carbonyl (C=O) groups is 1. The van der Waals surface area contributed by atoms with Gasteiger partial charge in [-0.2, -0.15) is 0 Å². The predicted octanol–water partition coefficient (Wildman–Crippen LogP) is 4.12. The summed E-state index contributed by atoms with van der Waals surface area (Å²) < 4.78 is 7.67. The number of aliphatic carboxylic acids is 1. The first-order valence-corrected chi connectivity index (χ1v) is 9.52. The van der Waals surface area contributed by atoms with E-state index in [0.717, 1.165) is 17.3 Å². The van der Waals surface area contributed by atoms with Gasteiger partial charge in [0.25, 0.3) is 0 Å². The lowest BCUT2D eigenvalue weighted by Crippen LogP contribution is -2.14. The average Bonchev–Trinajstić information content (AvgIpc) is 3.03. The van der Waals surface area contributed by atoms with E-state index in [9.17, 15) is 9.90 Å². The molecule has 0 aliphatic heterocycles. The normalized spacial score (nSPS) is 11.9. The maximum Gasteiger partial charge on any atom is 0.316 e. The van der Waals surface area contributed by atoms with E-state index in [1.807, 2.05) is 34.9 Å². The number of benzene rings is 2. The molecule has 0 saturated heterocycles. The number of aromatic nitrogens is 3. The Hall–Kier alpha value is -2.51. The van der Waals surface area contributed by atoms with E-state index in [-0.39, 0.29) is 6.61 Å². The molecule has 0 saturated carbocycles. The smallest absolute Gasteiger partial charge is 0.316 e. The van der Waals surface area contributed by atoms with Crippen LogP contribution in [0.5, 0.6) is 5.75 Å². The van der Waals surface area contributed by atoms with Crippen molar-refractivity contribution >= 4 is 29.3 Å². The highest BCUT2D eigenvalue weighted by atomic mass is 35.5. The summed E-state index contributed by atoms with van der Waals surface area (Å²) in [5.41, 5.74) is 1.06. The van der Waals surface area contributed by atoms with E-state index in [0.29, 0.717) is 28.3 Å². The fourth-order valence-corrected chi connectivity index (χ4v) is 3.25. The summed E-state index contributed by atoms with van der Waals surface area (Å²) in [7, 11) is 0. The Labute approximate surface area is 166 Å². The first-order chi connectivity index (χ1) is 13.0. The summed E-state index contributed by atoms with van der Waals surface area (Å²) in [6.07, 6.45) is 0. The van der Waals surface area contributed by atoms with E-state index in [4.69, 9.17) is 16.3 Å². The standard InChI is InChI=1S/C19H18ClN3O3S/c1-13(18(24)25)27-19-22-21-17(12-26-16-9-7-15(20)8-10-16)23(19)11-14-5-3-2-4-6-14/h2-10,13H,11-12H2,1H3,(H,24,25)/t13-/m0/s1. The van der Waals surface area contributed by atoms with Gasteiger partial charge in [-0.1, -0.05) is 53.7 Å². The van der Waals surface area contributed by atoms with Crippen LogP contribution in [0.2, 0.25) is 5.02 Å². The number of halogens is 1. The molecule has 0 radical (unpaired) electrons. The minimum Gasteiger partial charge on any atom is -0.486 e. The minimum absolute atomic E-state index is 0.212. The number of rotatable bonds is 8. The molecule has 1 aromatic heterocycles. The third kappa shape index (κ3) is 5.24. The van der Waals surface area contributed by atoms with Gasteiger partial charge in [-0.05, 0) is 36.8 Å².